The van der Waals surface area contributed by atoms with E-state index in [1.165, 1.54) is 32.1 Å². The molecular formula is C17H33NO. The van der Waals surface area contributed by atoms with Crippen molar-refractivity contribution in [2.24, 2.45) is 22.5 Å². The minimum absolute atomic E-state index is 0.0184. The lowest BCUT2D eigenvalue weighted by atomic mass is 9.54. The molecule has 19 heavy (non-hydrogen) atoms. The van der Waals surface area contributed by atoms with Crippen molar-refractivity contribution in [3.05, 3.63) is 0 Å². The van der Waals surface area contributed by atoms with Crippen LogP contribution in [-0.4, -0.2) is 17.3 Å². The van der Waals surface area contributed by atoms with Gasteiger partial charge in [0.1, 0.15) is 0 Å². The molecule has 2 heteroatoms. The molecule has 0 amide bonds. The van der Waals surface area contributed by atoms with Crippen molar-refractivity contribution in [1.82, 2.24) is 0 Å². The van der Waals surface area contributed by atoms with Gasteiger partial charge < -0.3 is 10.8 Å². The van der Waals surface area contributed by atoms with E-state index in [-0.39, 0.29) is 10.8 Å². The molecule has 0 bridgehead atoms. The van der Waals surface area contributed by atoms with Gasteiger partial charge >= 0.3 is 0 Å². The Morgan fingerprint density at radius 2 is 1.63 bits per heavy atom. The summed E-state index contributed by atoms with van der Waals surface area (Å²) in [5.74, 6) is 0.612. The summed E-state index contributed by atoms with van der Waals surface area (Å²) in [6, 6.07) is 0. The lowest BCUT2D eigenvalue weighted by Crippen LogP contribution is -2.57. The lowest BCUT2D eigenvalue weighted by Gasteiger charge is -2.54. The molecular weight excluding hydrogens is 234 g/mol. The normalized spacial score (nSPS) is 38.7. The van der Waals surface area contributed by atoms with E-state index in [2.05, 4.69) is 20.8 Å². The second-order valence-electron chi connectivity index (χ2n) is 8.28. The van der Waals surface area contributed by atoms with E-state index in [1.54, 1.807) is 0 Å². The fourth-order valence-electron chi connectivity index (χ4n) is 5.20. The molecule has 2 nitrogen and oxygen atoms in total. The molecule has 2 saturated carbocycles. The molecule has 3 N–H and O–H groups in total. The summed E-state index contributed by atoms with van der Waals surface area (Å²) < 4.78 is 0. The molecule has 0 aromatic heterocycles. The van der Waals surface area contributed by atoms with E-state index < -0.39 is 5.60 Å². The quantitative estimate of drug-likeness (QED) is 0.746. The molecule has 2 atom stereocenters. The van der Waals surface area contributed by atoms with Crippen LogP contribution in [0.25, 0.3) is 0 Å². The molecule has 2 fully saturated rings. The average Bonchev–Trinajstić information content (AvgIpc) is 2.51. The Balaban J connectivity index is 2.28. The van der Waals surface area contributed by atoms with Gasteiger partial charge in [-0.15, -0.1) is 0 Å². The topological polar surface area (TPSA) is 46.2 Å². The Morgan fingerprint density at radius 3 is 2.11 bits per heavy atom. The number of hydrogen-bond donors (Lipinski definition) is 2. The molecule has 0 spiro atoms. The number of hydrogen-bond acceptors (Lipinski definition) is 2. The summed E-state index contributed by atoms with van der Waals surface area (Å²) in [5.41, 5.74) is 5.90. The van der Waals surface area contributed by atoms with Crippen LogP contribution in [0, 0.1) is 16.7 Å². The van der Waals surface area contributed by atoms with Crippen LogP contribution in [-0.2, 0) is 0 Å². The molecule has 112 valence electrons. The SMILES string of the molecule is CC1CC(C)(C)CC(O)(C2(CN)CCCCCC2)C1. The molecule has 0 aliphatic heterocycles. The Morgan fingerprint density at radius 1 is 1.05 bits per heavy atom. The Labute approximate surface area is 119 Å². The van der Waals surface area contributed by atoms with Crippen molar-refractivity contribution in [3.8, 4) is 0 Å². The van der Waals surface area contributed by atoms with Crippen molar-refractivity contribution in [1.29, 1.82) is 0 Å². The molecule has 0 aromatic carbocycles. The van der Waals surface area contributed by atoms with E-state index in [4.69, 9.17) is 5.73 Å². The van der Waals surface area contributed by atoms with Crippen molar-refractivity contribution in [2.45, 2.75) is 84.2 Å². The first-order valence-electron chi connectivity index (χ1n) is 8.25. The third-order valence-electron chi connectivity index (χ3n) is 5.80. The van der Waals surface area contributed by atoms with Crippen LogP contribution in [0.15, 0.2) is 0 Å². The minimum atomic E-state index is -0.534. The largest absolute Gasteiger partial charge is 0.389 e. The van der Waals surface area contributed by atoms with E-state index in [0.29, 0.717) is 12.5 Å². The van der Waals surface area contributed by atoms with Crippen molar-refractivity contribution >= 4 is 0 Å². The van der Waals surface area contributed by atoms with Crippen molar-refractivity contribution in [2.75, 3.05) is 6.54 Å². The van der Waals surface area contributed by atoms with Crippen LogP contribution in [0.3, 0.4) is 0 Å². The average molecular weight is 267 g/mol. The summed E-state index contributed by atoms with van der Waals surface area (Å²) in [6.45, 7) is 7.59. The number of nitrogens with two attached hydrogens (primary N) is 1. The first-order chi connectivity index (χ1) is 8.83. The van der Waals surface area contributed by atoms with Gasteiger partial charge in [0.25, 0.3) is 0 Å². The van der Waals surface area contributed by atoms with E-state index in [1.807, 2.05) is 0 Å². The van der Waals surface area contributed by atoms with Gasteiger partial charge in [-0.3, -0.25) is 0 Å². The molecule has 2 aliphatic rings. The predicted molar refractivity (Wildman–Crippen MR) is 80.9 cm³/mol. The molecule has 0 aromatic rings. The molecule has 0 saturated heterocycles. The van der Waals surface area contributed by atoms with Gasteiger partial charge in [-0.25, -0.2) is 0 Å². The zero-order valence-electron chi connectivity index (χ0n) is 13.2. The molecule has 0 radical (unpaired) electrons. The minimum Gasteiger partial charge on any atom is -0.389 e. The summed E-state index contributed by atoms with van der Waals surface area (Å²) >= 11 is 0. The van der Waals surface area contributed by atoms with Crippen LogP contribution >= 0.6 is 0 Å². The van der Waals surface area contributed by atoms with Gasteiger partial charge in [-0.2, -0.15) is 0 Å². The highest BCUT2D eigenvalue weighted by atomic mass is 16.3. The van der Waals surface area contributed by atoms with Gasteiger partial charge in [0, 0.05) is 12.0 Å². The van der Waals surface area contributed by atoms with Crippen molar-refractivity contribution < 1.29 is 5.11 Å². The second kappa shape index (κ2) is 5.37. The van der Waals surface area contributed by atoms with Crippen molar-refractivity contribution in [3.63, 3.8) is 0 Å². The van der Waals surface area contributed by atoms with Gasteiger partial charge in [0.15, 0.2) is 0 Å². The number of rotatable bonds is 2. The standard InChI is InChI=1S/C17H33NO/c1-14-10-15(2,3)12-17(19,11-14)16(13-18)8-6-4-5-7-9-16/h14,19H,4-13,18H2,1-3H3. The second-order valence-corrected chi connectivity index (χ2v) is 8.28. The molecule has 0 heterocycles. The third-order valence-corrected chi connectivity index (χ3v) is 5.80. The highest BCUT2D eigenvalue weighted by Gasteiger charge is 2.53. The highest BCUT2D eigenvalue weighted by molar-refractivity contribution is 5.05. The molecule has 2 unspecified atom stereocenters. The Hall–Kier alpha value is -0.0800. The fraction of sp³-hybridized carbons (Fsp3) is 1.00. The first-order valence-corrected chi connectivity index (χ1v) is 8.25. The van der Waals surface area contributed by atoms with Crippen LogP contribution in [0.2, 0.25) is 0 Å². The number of aliphatic hydroxyl groups is 1. The zero-order chi connectivity index (χ0) is 14.1. The Kier molecular flexibility index (Phi) is 4.32. The van der Waals surface area contributed by atoms with Gasteiger partial charge in [0.05, 0.1) is 5.60 Å². The lowest BCUT2D eigenvalue weighted by molar-refractivity contribution is -0.150. The summed E-state index contributed by atoms with van der Waals surface area (Å²) in [4.78, 5) is 0. The predicted octanol–water partition coefficient (Wildman–Crippen LogP) is 3.86. The van der Waals surface area contributed by atoms with E-state index >= 15 is 0 Å². The van der Waals surface area contributed by atoms with Gasteiger partial charge in [-0.1, -0.05) is 46.5 Å². The summed E-state index contributed by atoms with van der Waals surface area (Å²) in [6.07, 6.45) is 10.5. The fourth-order valence-corrected chi connectivity index (χ4v) is 5.20. The maximum Gasteiger partial charge on any atom is 0.0723 e. The van der Waals surface area contributed by atoms with E-state index in [0.717, 1.165) is 25.7 Å². The molecule has 2 aliphatic carbocycles. The zero-order valence-corrected chi connectivity index (χ0v) is 13.2. The smallest absolute Gasteiger partial charge is 0.0723 e. The third kappa shape index (κ3) is 3.00. The van der Waals surface area contributed by atoms with Crippen LogP contribution in [0.4, 0.5) is 0 Å². The van der Waals surface area contributed by atoms with Gasteiger partial charge in [0.2, 0.25) is 0 Å². The monoisotopic (exact) mass is 267 g/mol. The first kappa shape index (κ1) is 15.3. The van der Waals surface area contributed by atoms with E-state index in [9.17, 15) is 5.11 Å². The maximum absolute atomic E-state index is 11.5. The highest BCUT2D eigenvalue weighted by Crippen LogP contribution is 2.55. The Bertz CT molecular complexity index is 304. The van der Waals surface area contributed by atoms with Crippen LogP contribution in [0.5, 0.6) is 0 Å². The summed E-state index contributed by atoms with van der Waals surface area (Å²) in [5, 5.41) is 11.5. The summed E-state index contributed by atoms with van der Waals surface area (Å²) in [7, 11) is 0. The van der Waals surface area contributed by atoms with Crippen LogP contribution in [0.1, 0.15) is 78.6 Å². The molecule has 2 rings (SSSR count). The van der Waals surface area contributed by atoms with Crippen LogP contribution < -0.4 is 5.73 Å². The van der Waals surface area contributed by atoms with Gasteiger partial charge in [-0.05, 0) is 43.4 Å². The maximum atomic E-state index is 11.5.